The molecule has 2 aromatic rings. The van der Waals surface area contributed by atoms with Gasteiger partial charge in [-0.1, -0.05) is 0 Å². The molecule has 3 rings (SSSR count). The second-order valence-corrected chi connectivity index (χ2v) is 6.84. The van der Waals surface area contributed by atoms with Gasteiger partial charge in [-0.05, 0) is 25.1 Å². The molecule has 1 unspecified atom stereocenters. The lowest BCUT2D eigenvalue weighted by atomic mass is 10.1. The number of nitrogens with zero attached hydrogens (tertiary/aromatic N) is 1. The van der Waals surface area contributed by atoms with Gasteiger partial charge in [-0.25, -0.2) is 9.78 Å². The number of esters is 1. The van der Waals surface area contributed by atoms with Crippen molar-refractivity contribution >= 4 is 23.2 Å². The van der Waals surface area contributed by atoms with Crippen LogP contribution in [0.3, 0.4) is 0 Å². The number of benzene rings is 1. The SMILES string of the molecule is COC(=O)c1cc(OCC2COCC(=O)N2)cc(-c2ncc(C)s2)c1. The monoisotopic (exact) mass is 362 g/mol. The molecule has 25 heavy (non-hydrogen) atoms. The standard InChI is InChI=1S/C17H18N2O5S/c1-10-6-18-16(25-10)11-3-12(17(21)22-2)5-14(4-11)24-8-13-7-23-9-15(20)19-13/h3-6,13H,7-9H2,1-2H3,(H,19,20). The summed E-state index contributed by atoms with van der Waals surface area (Å²) in [4.78, 5) is 28.7. The quantitative estimate of drug-likeness (QED) is 0.816. The van der Waals surface area contributed by atoms with E-state index in [0.717, 1.165) is 15.4 Å². The zero-order valence-electron chi connectivity index (χ0n) is 13.9. The van der Waals surface area contributed by atoms with Crippen molar-refractivity contribution in [2.45, 2.75) is 13.0 Å². The van der Waals surface area contributed by atoms with Gasteiger partial charge in [0.1, 0.15) is 24.0 Å². The van der Waals surface area contributed by atoms with Gasteiger partial charge in [-0.15, -0.1) is 11.3 Å². The fourth-order valence-corrected chi connectivity index (χ4v) is 3.17. The van der Waals surface area contributed by atoms with Gasteiger partial charge in [0.2, 0.25) is 5.91 Å². The zero-order valence-corrected chi connectivity index (χ0v) is 14.7. The number of rotatable bonds is 5. The molecule has 0 aliphatic carbocycles. The minimum absolute atomic E-state index is 0.0713. The smallest absolute Gasteiger partial charge is 0.338 e. The highest BCUT2D eigenvalue weighted by Gasteiger charge is 2.20. The lowest BCUT2D eigenvalue weighted by Crippen LogP contribution is -2.48. The van der Waals surface area contributed by atoms with E-state index < -0.39 is 5.97 Å². The van der Waals surface area contributed by atoms with Crippen molar-refractivity contribution < 1.29 is 23.8 Å². The van der Waals surface area contributed by atoms with Gasteiger partial charge in [-0.3, -0.25) is 4.79 Å². The molecule has 1 N–H and O–H groups in total. The van der Waals surface area contributed by atoms with E-state index in [1.165, 1.54) is 18.4 Å². The molecular weight excluding hydrogens is 344 g/mol. The third-order valence-corrected chi connectivity index (χ3v) is 4.53. The third kappa shape index (κ3) is 4.34. The molecule has 1 aromatic carbocycles. The van der Waals surface area contributed by atoms with Gasteiger partial charge in [0.25, 0.3) is 0 Å². The van der Waals surface area contributed by atoms with E-state index in [0.29, 0.717) is 17.9 Å². The van der Waals surface area contributed by atoms with Crippen LogP contribution in [-0.2, 0) is 14.3 Å². The number of morpholine rings is 1. The van der Waals surface area contributed by atoms with Gasteiger partial charge >= 0.3 is 5.97 Å². The third-order valence-electron chi connectivity index (χ3n) is 3.56. The number of ether oxygens (including phenoxy) is 3. The lowest BCUT2D eigenvalue weighted by molar-refractivity contribution is -0.131. The summed E-state index contributed by atoms with van der Waals surface area (Å²) in [5.41, 5.74) is 1.16. The molecule has 0 radical (unpaired) electrons. The van der Waals surface area contributed by atoms with Gasteiger partial charge in [0.15, 0.2) is 0 Å². The number of hydrogen-bond donors (Lipinski definition) is 1. The molecule has 1 atom stereocenters. The molecule has 1 saturated heterocycles. The topological polar surface area (TPSA) is 86.8 Å². The maximum absolute atomic E-state index is 11.9. The van der Waals surface area contributed by atoms with Crippen molar-refractivity contribution in [3.63, 3.8) is 0 Å². The van der Waals surface area contributed by atoms with Crippen molar-refractivity contribution in [1.29, 1.82) is 0 Å². The Morgan fingerprint density at radius 2 is 2.28 bits per heavy atom. The van der Waals surface area contributed by atoms with E-state index >= 15 is 0 Å². The van der Waals surface area contributed by atoms with Crippen LogP contribution in [0.25, 0.3) is 10.6 Å². The van der Waals surface area contributed by atoms with E-state index in [1.807, 2.05) is 13.0 Å². The molecule has 8 heteroatoms. The van der Waals surface area contributed by atoms with Crippen molar-refractivity contribution in [2.24, 2.45) is 0 Å². The van der Waals surface area contributed by atoms with E-state index in [2.05, 4.69) is 10.3 Å². The summed E-state index contributed by atoms with van der Waals surface area (Å²) < 4.78 is 15.8. The van der Waals surface area contributed by atoms with E-state index in [-0.39, 0.29) is 25.2 Å². The van der Waals surface area contributed by atoms with Crippen molar-refractivity contribution in [2.75, 3.05) is 26.9 Å². The molecule has 1 aliphatic rings. The normalized spacial score (nSPS) is 17.0. The molecule has 0 bridgehead atoms. The largest absolute Gasteiger partial charge is 0.491 e. The van der Waals surface area contributed by atoms with Crippen molar-refractivity contribution in [3.8, 4) is 16.3 Å². The Morgan fingerprint density at radius 1 is 1.44 bits per heavy atom. The van der Waals surface area contributed by atoms with Crippen LogP contribution in [0.5, 0.6) is 5.75 Å². The Morgan fingerprint density at radius 3 is 2.96 bits per heavy atom. The van der Waals surface area contributed by atoms with Crippen LogP contribution in [0.15, 0.2) is 24.4 Å². The highest BCUT2D eigenvalue weighted by atomic mass is 32.1. The summed E-state index contributed by atoms with van der Waals surface area (Å²) in [7, 11) is 1.33. The molecule has 7 nitrogen and oxygen atoms in total. The predicted molar refractivity (Wildman–Crippen MR) is 91.9 cm³/mol. The van der Waals surface area contributed by atoms with Crippen LogP contribution in [0, 0.1) is 6.92 Å². The minimum Gasteiger partial charge on any atom is -0.491 e. The minimum atomic E-state index is -0.450. The average molecular weight is 362 g/mol. The van der Waals surface area contributed by atoms with E-state index in [4.69, 9.17) is 14.2 Å². The number of carbonyl (C=O) groups is 2. The van der Waals surface area contributed by atoms with Gasteiger partial charge in [0.05, 0.1) is 25.3 Å². The number of amides is 1. The summed E-state index contributed by atoms with van der Waals surface area (Å²) in [5.74, 6) is -0.109. The van der Waals surface area contributed by atoms with Gasteiger partial charge in [-0.2, -0.15) is 0 Å². The average Bonchev–Trinajstić information content (AvgIpc) is 3.05. The second-order valence-electron chi connectivity index (χ2n) is 5.60. The first-order valence-electron chi connectivity index (χ1n) is 7.71. The first kappa shape index (κ1) is 17.4. The summed E-state index contributed by atoms with van der Waals surface area (Å²) in [6, 6.07) is 4.92. The summed E-state index contributed by atoms with van der Waals surface area (Å²) in [6.07, 6.45) is 1.78. The highest BCUT2D eigenvalue weighted by molar-refractivity contribution is 7.14. The Bertz CT molecular complexity index is 789. The van der Waals surface area contributed by atoms with Crippen molar-refractivity contribution in [1.82, 2.24) is 10.3 Å². The van der Waals surface area contributed by atoms with E-state index in [1.54, 1.807) is 18.3 Å². The predicted octanol–water partition coefficient (Wildman–Crippen LogP) is 1.80. The summed E-state index contributed by atoms with van der Waals surface area (Å²) in [6.45, 7) is 2.67. The molecular formula is C17H18N2O5S. The fourth-order valence-electron chi connectivity index (χ4n) is 2.42. The number of hydrogen-bond acceptors (Lipinski definition) is 7. The Balaban J connectivity index is 1.82. The maximum atomic E-state index is 11.9. The van der Waals surface area contributed by atoms with Crippen LogP contribution in [0.4, 0.5) is 0 Å². The van der Waals surface area contributed by atoms with Crippen LogP contribution in [0.1, 0.15) is 15.2 Å². The Hall–Kier alpha value is -2.45. The Kier molecular flexibility index (Phi) is 5.30. The lowest BCUT2D eigenvalue weighted by Gasteiger charge is -2.23. The molecule has 0 spiro atoms. The Labute approximate surface area is 148 Å². The molecule has 1 amide bonds. The van der Waals surface area contributed by atoms with Crippen molar-refractivity contribution in [3.05, 3.63) is 34.8 Å². The first-order chi connectivity index (χ1) is 12.0. The number of thiazole rings is 1. The molecule has 2 heterocycles. The van der Waals surface area contributed by atoms with Crippen LogP contribution in [0.2, 0.25) is 0 Å². The van der Waals surface area contributed by atoms with Crippen LogP contribution < -0.4 is 10.1 Å². The highest BCUT2D eigenvalue weighted by Crippen LogP contribution is 2.29. The molecule has 1 aromatic heterocycles. The molecule has 1 aliphatic heterocycles. The first-order valence-corrected chi connectivity index (χ1v) is 8.53. The zero-order chi connectivity index (χ0) is 17.8. The number of carbonyl (C=O) groups excluding carboxylic acids is 2. The van der Waals surface area contributed by atoms with Crippen LogP contribution >= 0.6 is 11.3 Å². The van der Waals surface area contributed by atoms with E-state index in [9.17, 15) is 9.59 Å². The fraction of sp³-hybridized carbons (Fsp3) is 0.353. The number of aryl methyl sites for hydroxylation is 1. The number of aromatic nitrogens is 1. The van der Waals surface area contributed by atoms with Gasteiger partial charge < -0.3 is 19.5 Å². The number of methoxy groups -OCH3 is 1. The van der Waals surface area contributed by atoms with Gasteiger partial charge in [0, 0.05) is 16.6 Å². The second kappa shape index (κ2) is 7.62. The number of nitrogens with one attached hydrogen (secondary N) is 1. The van der Waals surface area contributed by atoms with Crippen LogP contribution in [-0.4, -0.2) is 49.8 Å². The summed E-state index contributed by atoms with van der Waals surface area (Å²) in [5, 5.41) is 3.59. The molecule has 1 fully saturated rings. The maximum Gasteiger partial charge on any atom is 0.338 e. The summed E-state index contributed by atoms with van der Waals surface area (Å²) >= 11 is 1.53. The molecule has 132 valence electrons. The molecule has 0 saturated carbocycles.